The first-order chi connectivity index (χ1) is 12.6. The minimum absolute atomic E-state index is 0.105. The van der Waals surface area contributed by atoms with Crippen LogP contribution >= 0.6 is 0 Å². The lowest BCUT2D eigenvalue weighted by Gasteiger charge is -2.23. The number of nitrogens with zero attached hydrogens (tertiary/aromatic N) is 2. The van der Waals surface area contributed by atoms with Gasteiger partial charge in [-0.2, -0.15) is 0 Å². The molecule has 0 saturated heterocycles. The number of likely N-dealkylation sites (N-methyl/N-ethyl adjacent to an activating group) is 1. The number of aliphatic imine (C=N–C) groups is 1. The second-order valence-electron chi connectivity index (χ2n) is 5.95. The minimum Gasteiger partial charge on any atom is -0.406 e. The van der Waals surface area contributed by atoms with E-state index in [4.69, 9.17) is 5.73 Å². The first-order valence-electron chi connectivity index (χ1n) is 7.98. The fourth-order valence-electron chi connectivity index (χ4n) is 2.36. The number of nitrogens with two attached hydrogens (primary N) is 1. The highest BCUT2D eigenvalue weighted by Gasteiger charge is 2.30. The number of halogens is 4. The van der Waals surface area contributed by atoms with Gasteiger partial charge >= 0.3 is 6.36 Å². The average Bonchev–Trinajstić information content (AvgIpc) is 2.57. The Morgan fingerprint density at radius 3 is 2.22 bits per heavy atom. The zero-order valence-corrected chi connectivity index (χ0v) is 14.8. The first-order valence-corrected chi connectivity index (χ1v) is 7.98. The molecule has 0 saturated carbocycles. The summed E-state index contributed by atoms with van der Waals surface area (Å²) in [5, 5.41) is 2.80. The predicted molar refractivity (Wildman–Crippen MR) is 96.1 cm³/mol. The van der Waals surface area contributed by atoms with Crippen LogP contribution in [0.2, 0.25) is 0 Å². The predicted octanol–water partition coefficient (Wildman–Crippen LogP) is 3.75. The number of hydrogen-bond acceptors (Lipinski definition) is 3. The van der Waals surface area contributed by atoms with Gasteiger partial charge < -0.3 is 20.7 Å². The highest BCUT2D eigenvalue weighted by atomic mass is 19.4. The third kappa shape index (κ3) is 6.78. The van der Waals surface area contributed by atoms with E-state index in [1.807, 2.05) is 19.0 Å². The molecule has 0 amide bonds. The largest absolute Gasteiger partial charge is 0.573 e. The molecule has 146 valence electrons. The third-order valence-electron chi connectivity index (χ3n) is 3.67. The standard InChI is InChI=1S/C18H20F4N4O/c1-26(2)16(12-3-5-13(19)6-4-12)11-24-17(23)25-14-7-9-15(10-8-14)27-18(20,21)22/h3-10,16H,11H2,1-2H3,(H3,23,24,25). The second-order valence-corrected chi connectivity index (χ2v) is 5.95. The van der Waals surface area contributed by atoms with E-state index < -0.39 is 6.36 Å². The maximum Gasteiger partial charge on any atom is 0.573 e. The molecule has 0 heterocycles. The lowest BCUT2D eigenvalue weighted by molar-refractivity contribution is -0.274. The van der Waals surface area contributed by atoms with Gasteiger partial charge in [0.05, 0.1) is 12.6 Å². The summed E-state index contributed by atoms with van der Waals surface area (Å²) < 4.78 is 53.3. The fourth-order valence-corrected chi connectivity index (χ4v) is 2.36. The van der Waals surface area contributed by atoms with Gasteiger partial charge in [-0.3, -0.25) is 4.99 Å². The highest BCUT2D eigenvalue weighted by molar-refractivity contribution is 5.92. The number of ether oxygens (including phenoxy) is 1. The molecule has 0 aliphatic rings. The Kier molecular flexibility index (Phi) is 6.62. The Balaban J connectivity index is 2.00. The molecule has 9 heteroatoms. The van der Waals surface area contributed by atoms with Crippen molar-refractivity contribution in [3.63, 3.8) is 0 Å². The monoisotopic (exact) mass is 384 g/mol. The van der Waals surface area contributed by atoms with Gasteiger partial charge in [0.25, 0.3) is 0 Å². The molecule has 2 rings (SSSR count). The number of benzene rings is 2. The van der Waals surface area contributed by atoms with Gasteiger partial charge in [-0.25, -0.2) is 4.39 Å². The van der Waals surface area contributed by atoms with Gasteiger partial charge in [-0.15, -0.1) is 13.2 Å². The van der Waals surface area contributed by atoms with E-state index in [2.05, 4.69) is 15.0 Å². The molecule has 2 aromatic carbocycles. The van der Waals surface area contributed by atoms with Crippen LogP contribution in [0.15, 0.2) is 53.5 Å². The Labute approximate surface area is 154 Å². The number of rotatable bonds is 6. The van der Waals surface area contributed by atoms with E-state index in [-0.39, 0.29) is 23.6 Å². The van der Waals surface area contributed by atoms with Crippen LogP contribution in [0.1, 0.15) is 11.6 Å². The van der Waals surface area contributed by atoms with Crippen LogP contribution in [0.3, 0.4) is 0 Å². The van der Waals surface area contributed by atoms with Crippen molar-refractivity contribution in [2.45, 2.75) is 12.4 Å². The zero-order valence-electron chi connectivity index (χ0n) is 14.8. The van der Waals surface area contributed by atoms with Gasteiger partial charge in [0, 0.05) is 5.69 Å². The molecule has 1 atom stereocenters. The Hall–Kier alpha value is -2.81. The van der Waals surface area contributed by atoms with Crippen LogP contribution < -0.4 is 15.8 Å². The molecular weight excluding hydrogens is 364 g/mol. The van der Waals surface area contributed by atoms with E-state index >= 15 is 0 Å². The number of guanidine groups is 1. The van der Waals surface area contributed by atoms with Gasteiger partial charge in [0.15, 0.2) is 5.96 Å². The van der Waals surface area contributed by atoms with Gasteiger partial charge in [-0.05, 0) is 56.1 Å². The normalized spacial score (nSPS) is 13.5. The van der Waals surface area contributed by atoms with Crippen molar-refractivity contribution in [1.82, 2.24) is 4.90 Å². The van der Waals surface area contributed by atoms with E-state index in [9.17, 15) is 17.6 Å². The van der Waals surface area contributed by atoms with E-state index in [1.54, 1.807) is 12.1 Å². The molecule has 0 radical (unpaired) electrons. The van der Waals surface area contributed by atoms with Crippen molar-refractivity contribution in [1.29, 1.82) is 0 Å². The van der Waals surface area contributed by atoms with Crippen molar-refractivity contribution in [3.8, 4) is 5.75 Å². The highest BCUT2D eigenvalue weighted by Crippen LogP contribution is 2.24. The average molecular weight is 384 g/mol. The number of nitrogens with one attached hydrogen (secondary N) is 1. The summed E-state index contributed by atoms with van der Waals surface area (Å²) in [7, 11) is 3.74. The van der Waals surface area contributed by atoms with Crippen LogP contribution in [0.5, 0.6) is 5.75 Å². The molecular formula is C18H20F4N4O. The lowest BCUT2D eigenvalue weighted by atomic mass is 10.1. The van der Waals surface area contributed by atoms with Crippen LogP contribution in [0, 0.1) is 5.82 Å². The van der Waals surface area contributed by atoms with Crippen molar-refractivity contribution < 1.29 is 22.3 Å². The minimum atomic E-state index is -4.74. The molecule has 0 aliphatic heterocycles. The molecule has 1 unspecified atom stereocenters. The van der Waals surface area contributed by atoms with Crippen LogP contribution in [0.4, 0.5) is 23.2 Å². The second kappa shape index (κ2) is 8.72. The van der Waals surface area contributed by atoms with Crippen molar-refractivity contribution >= 4 is 11.6 Å². The van der Waals surface area contributed by atoms with E-state index in [1.165, 1.54) is 36.4 Å². The van der Waals surface area contributed by atoms with Gasteiger partial charge in [0.2, 0.25) is 0 Å². The fraction of sp³-hybridized carbons (Fsp3) is 0.278. The zero-order chi connectivity index (χ0) is 20.0. The maximum absolute atomic E-state index is 13.1. The molecule has 0 aromatic heterocycles. The summed E-state index contributed by atoms with van der Waals surface area (Å²) >= 11 is 0. The van der Waals surface area contributed by atoms with Crippen molar-refractivity contribution in [3.05, 3.63) is 59.9 Å². The molecule has 27 heavy (non-hydrogen) atoms. The topological polar surface area (TPSA) is 62.9 Å². The third-order valence-corrected chi connectivity index (χ3v) is 3.67. The molecule has 5 nitrogen and oxygen atoms in total. The number of hydrogen-bond donors (Lipinski definition) is 2. The molecule has 0 spiro atoms. The quantitative estimate of drug-likeness (QED) is 0.452. The SMILES string of the molecule is CN(C)C(CN=C(N)Nc1ccc(OC(F)(F)F)cc1)c1ccc(F)cc1. The van der Waals surface area contributed by atoms with Crippen molar-refractivity contribution in [2.75, 3.05) is 26.0 Å². The number of alkyl halides is 3. The Morgan fingerprint density at radius 1 is 1.11 bits per heavy atom. The van der Waals surface area contributed by atoms with Crippen LogP contribution in [-0.4, -0.2) is 37.9 Å². The van der Waals surface area contributed by atoms with Crippen molar-refractivity contribution in [2.24, 2.45) is 10.7 Å². The summed E-state index contributed by atoms with van der Waals surface area (Å²) in [4.78, 5) is 6.18. The lowest BCUT2D eigenvalue weighted by Crippen LogP contribution is -2.27. The molecule has 0 bridgehead atoms. The molecule has 3 N–H and O–H groups in total. The smallest absolute Gasteiger partial charge is 0.406 e. The molecule has 0 aliphatic carbocycles. The van der Waals surface area contributed by atoms with Crippen LogP contribution in [0.25, 0.3) is 0 Å². The van der Waals surface area contributed by atoms with E-state index in [0.29, 0.717) is 12.2 Å². The Bertz CT molecular complexity index is 758. The summed E-state index contributed by atoms with van der Waals surface area (Å²) in [5.41, 5.74) is 7.19. The summed E-state index contributed by atoms with van der Waals surface area (Å²) in [6.07, 6.45) is -4.74. The van der Waals surface area contributed by atoms with Gasteiger partial charge in [0.1, 0.15) is 11.6 Å². The molecule has 2 aromatic rings. The summed E-state index contributed by atoms with van der Waals surface area (Å²) in [6, 6.07) is 11.1. The number of anilines is 1. The maximum atomic E-state index is 13.1. The summed E-state index contributed by atoms with van der Waals surface area (Å²) in [5.74, 6) is -0.542. The Morgan fingerprint density at radius 2 is 1.70 bits per heavy atom. The summed E-state index contributed by atoms with van der Waals surface area (Å²) in [6.45, 7) is 0.312. The van der Waals surface area contributed by atoms with Gasteiger partial charge in [-0.1, -0.05) is 12.1 Å². The van der Waals surface area contributed by atoms with E-state index in [0.717, 1.165) is 5.56 Å². The van der Waals surface area contributed by atoms with Crippen LogP contribution in [-0.2, 0) is 0 Å². The first kappa shape index (κ1) is 20.5. The molecule has 0 fully saturated rings.